The van der Waals surface area contributed by atoms with Crippen molar-refractivity contribution in [1.82, 2.24) is 5.32 Å². The van der Waals surface area contributed by atoms with Gasteiger partial charge >= 0.3 is 0 Å². The van der Waals surface area contributed by atoms with Crippen LogP contribution in [0.4, 0.5) is 0 Å². The maximum atomic E-state index is 8.36. The van der Waals surface area contributed by atoms with Gasteiger partial charge in [-0.15, -0.1) is 0 Å². The fourth-order valence-corrected chi connectivity index (χ4v) is 0.177. The topological polar surface area (TPSA) is 49.3 Å². The zero-order valence-corrected chi connectivity index (χ0v) is 4.05. The van der Waals surface area contributed by atoms with Gasteiger partial charge in [0.25, 0.3) is 6.47 Å². The lowest BCUT2D eigenvalue weighted by molar-refractivity contribution is -0.122. The highest BCUT2D eigenvalue weighted by atomic mass is 16.3. The molecule has 0 radical (unpaired) electrons. The van der Waals surface area contributed by atoms with Gasteiger partial charge < -0.3 is 10.4 Å². The SMILES string of the molecule is C1CNC1.O=CO. The van der Waals surface area contributed by atoms with E-state index < -0.39 is 0 Å². The van der Waals surface area contributed by atoms with E-state index >= 15 is 0 Å². The molecule has 1 heterocycles. The Kier molecular flexibility index (Phi) is 4.99. The molecular weight excluding hydrogens is 94.0 g/mol. The van der Waals surface area contributed by atoms with Gasteiger partial charge in [0.15, 0.2) is 0 Å². The highest BCUT2D eigenvalue weighted by Crippen LogP contribution is 1.80. The molecule has 0 aromatic heterocycles. The Bertz CT molecular complexity index is 39.0. The first-order valence-electron chi connectivity index (χ1n) is 2.20. The van der Waals surface area contributed by atoms with Crippen LogP contribution in [-0.2, 0) is 4.79 Å². The summed E-state index contributed by atoms with van der Waals surface area (Å²) >= 11 is 0. The van der Waals surface area contributed by atoms with E-state index in [9.17, 15) is 0 Å². The standard InChI is InChI=1S/C3H7N.CH2O2/c1-2-4-3-1;2-1-3/h4H,1-3H2;1H,(H,2,3). The van der Waals surface area contributed by atoms with Crippen molar-refractivity contribution in [2.45, 2.75) is 6.42 Å². The molecule has 0 aliphatic carbocycles. The molecule has 3 heteroatoms. The monoisotopic (exact) mass is 103 g/mol. The van der Waals surface area contributed by atoms with Crippen LogP contribution in [0.3, 0.4) is 0 Å². The molecule has 0 unspecified atom stereocenters. The minimum Gasteiger partial charge on any atom is -0.483 e. The molecule has 1 fully saturated rings. The lowest BCUT2D eigenvalue weighted by atomic mass is 10.3. The van der Waals surface area contributed by atoms with Crippen LogP contribution in [0.15, 0.2) is 0 Å². The first-order chi connectivity index (χ1) is 3.41. The highest BCUT2D eigenvalue weighted by Gasteiger charge is 1.92. The van der Waals surface area contributed by atoms with Crippen LogP contribution < -0.4 is 5.32 Å². The second-order valence-corrected chi connectivity index (χ2v) is 1.21. The summed E-state index contributed by atoms with van der Waals surface area (Å²) in [5.41, 5.74) is 0. The Morgan fingerprint density at radius 2 is 1.71 bits per heavy atom. The van der Waals surface area contributed by atoms with Gasteiger partial charge in [0.1, 0.15) is 0 Å². The first kappa shape index (κ1) is 6.43. The molecule has 0 aromatic carbocycles. The Morgan fingerprint density at radius 3 is 1.71 bits per heavy atom. The summed E-state index contributed by atoms with van der Waals surface area (Å²) in [4.78, 5) is 8.36. The molecule has 0 amide bonds. The quantitative estimate of drug-likeness (QED) is 0.413. The highest BCUT2D eigenvalue weighted by molar-refractivity contribution is 5.32. The minimum absolute atomic E-state index is 0.250. The van der Waals surface area contributed by atoms with E-state index in [4.69, 9.17) is 9.90 Å². The molecule has 1 rings (SSSR count). The average molecular weight is 103 g/mol. The first-order valence-corrected chi connectivity index (χ1v) is 2.20. The molecular formula is C4H9NO2. The minimum atomic E-state index is -0.250. The number of nitrogens with one attached hydrogen (secondary N) is 1. The molecule has 2 N–H and O–H groups in total. The number of hydrogen-bond acceptors (Lipinski definition) is 2. The van der Waals surface area contributed by atoms with Crippen molar-refractivity contribution < 1.29 is 9.90 Å². The van der Waals surface area contributed by atoms with E-state index in [2.05, 4.69) is 5.32 Å². The number of rotatable bonds is 0. The molecule has 7 heavy (non-hydrogen) atoms. The summed E-state index contributed by atoms with van der Waals surface area (Å²) in [6, 6.07) is 0. The average Bonchev–Trinajstić information content (AvgIpc) is 1.27. The van der Waals surface area contributed by atoms with Crippen LogP contribution in [0.2, 0.25) is 0 Å². The van der Waals surface area contributed by atoms with Crippen LogP contribution in [0.5, 0.6) is 0 Å². The third-order valence-electron chi connectivity index (χ3n) is 0.707. The zero-order valence-electron chi connectivity index (χ0n) is 4.05. The van der Waals surface area contributed by atoms with Crippen LogP contribution in [0, 0.1) is 0 Å². The molecule has 1 saturated heterocycles. The third-order valence-corrected chi connectivity index (χ3v) is 0.707. The summed E-state index contributed by atoms with van der Waals surface area (Å²) in [5.74, 6) is 0. The molecule has 42 valence electrons. The molecule has 0 aromatic rings. The number of hydrogen-bond donors (Lipinski definition) is 2. The van der Waals surface area contributed by atoms with Gasteiger partial charge in [-0.1, -0.05) is 0 Å². The Balaban J connectivity index is 0.000000110. The van der Waals surface area contributed by atoms with Crippen molar-refractivity contribution >= 4 is 6.47 Å². The fourth-order valence-electron chi connectivity index (χ4n) is 0.177. The van der Waals surface area contributed by atoms with Crippen molar-refractivity contribution in [1.29, 1.82) is 0 Å². The molecule has 3 nitrogen and oxygen atoms in total. The molecule has 0 bridgehead atoms. The van der Waals surface area contributed by atoms with Gasteiger partial charge in [0.05, 0.1) is 0 Å². The Hall–Kier alpha value is -0.570. The zero-order chi connectivity index (χ0) is 5.54. The van der Waals surface area contributed by atoms with Crippen molar-refractivity contribution in [3.05, 3.63) is 0 Å². The second kappa shape index (κ2) is 5.43. The van der Waals surface area contributed by atoms with Crippen LogP contribution in [0.25, 0.3) is 0 Å². The lowest BCUT2D eigenvalue weighted by Crippen LogP contribution is -2.29. The largest absolute Gasteiger partial charge is 0.483 e. The van der Waals surface area contributed by atoms with Gasteiger partial charge in [0.2, 0.25) is 0 Å². The predicted octanol–water partition coefficient (Wildman–Crippen LogP) is -0.319. The van der Waals surface area contributed by atoms with Crippen molar-refractivity contribution in [2.24, 2.45) is 0 Å². The smallest absolute Gasteiger partial charge is 0.290 e. The van der Waals surface area contributed by atoms with Crippen molar-refractivity contribution in [3.8, 4) is 0 Å². The van der Waals surface area contributed by atoms with Gasteiger partial charge in [-0.2, -0.15) is 0 Å². The van der Waals surface area contributed by atoms with Crippen LogP contribution >= 0.6 is 0 Å². The summed E-state index contributed by atoms with van der Waals surface area (Å²) in [5, 5.41) is 10.0. The maximum Gasteiger partial charge on any atom is 0.290 e. The summed E-state index contributed by atoms with van der Waals surface area (Å²) in [6.07, 6.45) is 1.39. The van der Waals surface area contributed by atoms with Crippen LogP contribution in [-0.4, -0.2) is 24.7 Å². The van der Waals surface area contributed by atoms with Gasteiger partial charge in [0, 0.05) is 0 Å². The molecule has 0 atom stereocenters. The summed E-state index contributed by atoms with van der Waals surface area (Å²) in [6.45, 7) is 2.25. The van der Waals surface area contributed by atoms with Crippen molar-refractivity contribution in [2.75, 3.05) is 13.1 Å². The lowest BCUT2D eigenvalue weighted by Gasteiger charge is -2.09. The van der Waals surface area contributed by atoms with E-state index in [1.807, 2.05) is 0 Å². The van der Waals surface area contributed by atoms with Crippen LogP contribution in [0.1, 0.15) is 6.42 Å². The Labute approximate surface area is 42.3 Å². The Morgan fingerprint density at radius 1 is 1.57 bits per heavy atom. The fraction of sp³-hybridized carbons (Fsp3) is 0.750. The summed E-state index contributed by atoms with van der Waals surface area (Å²) < 4.78 is 0. The summed E-state index contributed by atoms with van der Waals surface area (Å²) in [7, 11) is 0. The van der Waals surface area contributed by atoms with E-state index in [1.54, 1.807) is 0 Å². The normalized spacial score (nSPS) is 15.4. The van der Waals surface area contributed by atoms with E-state index in [0.717, 1.165) is 0 Å². The van der Waals surface area contributed by atoms with E-state index in [-0.39, 0.29) is 6.47 Å². The molecule has 1 aliphatic heterocycles. The van der Waals surface area contributed by atoms with E-state index in [1.165, 1.54) is 19.5 Å². The van der Waals surface area contributed by atoms with Gasteiger partial charge in [-0.25, -0.2) is 0 Å². The van der Waals surface area contributed by atoms with Gasteiger partial charge in [-0.05, 0) is 19.5 Å². The van der Waals surface area contributed by atoms with Crippen molar-refractivity contribution in [3.63, 3.8) is 0 Å². The maximum absolute atomic E-state index is 8.36. The molecule has 0 spiro atoms. The third kappa shape index (κ3) is 5.43. The predicted molar refractivity (Wildman–Crippen MR) is 26.2 cm³/mol. The van der Waals surface area contributed by atoms with E-state index in [0.29, 0.717) is 0 Å². The molecule has 1 aliphatic rings. The second-order valence-electron chi connectivity index (χ2n) is 1.21. The molecule has 0 saturated carbocycles. The van der Waals surface area contributed by atoms with Gasteiger partial charge in [-0.3, -0.25) is 4.79 Å². The number of carboxylic acid groups (broad SMARTS) is 1. The number of carbonyl (C=O) groups is 1.